The van der Waals surface area contributed by atoms with Gasteiger partial charge in [0.15, 0.2) is 0 Å². The summed E-state index contributed by atoms with van der Waals surface area (Å²) in [6, 6.07) is 0. The van der Waals surface area contributed by atoms with Gasteiger partial charge in [-0.05, 0) is 33.3 Å². The van der Waals surface area contributed by atoms with Gasteiger partial charge in [-0.3, -0.25) is 4.79 Å². The van der Waals surface area contributed by atoms with Crippen LogP contribution in [-0.4, -0.2) is 30.7 Å². The summed E-state index contributed by atoms with van der Waals surface area (Å²) in [5, 5.41) is 5.20. The molecule has 0 radical (unpaired) electrons. The summed E-state index contributed by atoms with van der Waals surface area (Å²) in [5.41, 5.74) is -0.485. The lowest BCUT2D eigenvalue weighted by Gasteiger charge is -2.19. The molecule has 16 heavy (non-hydrogen) atoms. The summed E-state index contributed by atoms with van der Waals surface area (Å²) >= 11 is 0. The second-order valence-electron chi connectivity index (χ2n) is 4.28. The van der Waals surface area contributed by atoms with Gasteiger partial charge in [-0.15, -0.1) is 0 Å². The Morgan fingerprint density at radius 1 is 1.25 bits per heavy atom. The summed E-state index contributed by atoms with van der Waals surface area (Å²) in [6.45, 7) is 9.70. The predicted octanol–water partition coefficient (Wildman–Crippen LogP) is 1.20. The number of alkyl carbamates (subject to hydrolysis) is 1. The van der Waals surface area contributed by atoms with E-state index < -0.39 is 11.7 Å². The van der Waals surface area contributed by atoms with Crippen molar-refractivity contribution in [2.24, 2.45) is 0 Å². The lowest BCUT2D eigenvalue weighted by Crippen LogP contribution is -2.34. The molecule has 0 atom stereocenters. The number of hydrogen-bond acceptors (Lipinski definition) is 3. The Bertz CT molecular complexity index is 256. The molecule has 0 fully saturated rings. The van der Waals surface area contributed by atoms with Crippen molar-refractivity contribution in [2.45, 2.75) is 32.8 Å². The summed E-state index contributed by atoms with van der Waals surface area (Å²) in [7, 11) is 0. The average molecular weight is 228 g/mol. The fourth-order valence-corrected chi connectivity index (χ4v) is 0.877. The average Bonchev–Trinajstić information content (AvgIpc) is 2.14. The van der Waals surface area contributed by atoms with Crippen molar-refractivity contribution in [3.8, 4) is 0 Å². The van der Waals surface area contributed by atoms with Gasteiger partial charge in [-0.1, -0.05) is 6.58 Å². The van der Waals surface area contributed by atoms with Crippen molar-refractivity contribution in [2.75, 3.05) is 13.1 Å². The topological polar surface area (TPSA) is 67.4 Å². The van der Waals surface area contributed by atoms with Crippen LogP contribution in [0.15, 0.2) is 12.7 Å². The van der Waals surface area contributed by atoms with Crippen LogP contribution in [0.5, 0.6) is 0 Å². The van der Waals surface area contributed by atoms with E-state index in [1.807, 2.05) is 0 Å². The van der Waals surface area contributed by atoms with E-state index in [4.69, 9.17) is 4.74 Å². The second-order valence-corrected chi connectivity index (χ2v) is 4.28. The number of hydrogen-bond donors (Lipinski definition) is 2. The molecule has 0 aliphatic carbocycles. The second kappa shape index (κ2) is 6.87. The molecule has 0 rings (SSSR count). The maximum atomic E-state index is 11.2. The van der Waals surface area contributed by atoms with Gasteiger partial charge in [0.25, 0.3) is 0 Å². The van der Waals surface area contributed by atoms with Gasteiger partial charge in [-0.2, -0.15) is 0 Å². The van der Waals surface area contributed by atoms with Gasteiger partial charge in [0.05, 0.1) is 0 Å². The minimum Gasteiger partial charge on any atom is -0.444 e. The molecule has 0 aromatic carbocycles. The lowest BCUT2D eigenvalue weighted by atomic mass is 10.2. The van der Waals surface area contributed by atoms with Gasteiger partial charge in [-0.25, -0.2) is 4.79 Å². The fraction of sp³-hybridized carbons (Fsp3) is 0.636. The van der Waals surface area contributed by atoms with Crippen LogP contribution in [0.1, 0.15) is 27.2 Å². The van der Waals surface area contributed by atoms with Gasteiger partial charge in [0.1, 0.15) is 5.60 Å². The monoisotopic (exact) mass is 228 g/mol. The molecule has 0 unspecified atom stereocenters. The highest BCUT2D eigenvalue weighted by atomic mass is 16.6. The Hall–Kier alpha value is -1.52. The van der Waals surface area contributed by atoms with E-state index in [0.29, 0.717) is 19.5 Å². The fourth-order valence-electron chi connectivity index (χ4n) is 0.877. The van der Waals surface area contributed by atoms with Gasteiger partial charge in [0, 0.05) is 13.1 Å². The summed E-state index contributed by atoms with van der Waals surface area (Å²) in [5.74, 6) is -0.211. The number of amides is 2. The molecule has 5 heteroatoms. The van der Waals surface area contributed by atoms with E-state index in [2.05, 4.69) is 17.2 Å². The first-order valence-corrected chi connectivity index (χ1v) is 5.22. The number of carbonyl (C=O) groups excluding carboxylic acids is 2. The standard InChI is InChI=1S/C11H20N2O3/c1-5-9(14)12-7-6-8-13-10(15)16-11(2,3)4/h5H,1,6-8H2,2-4H3,(H,12,14)(H,13,15). The Kier molecular flexibility index (Phi) is 6.22. The Morgan fingerprint density at radius 3 is 2.31 bits per heavy atom. The van der Waals surface area contributed by atoms with E-state index in [-0.39, 0.29) is 5.91 Å². The highest BCUT2D eigenvalue weighted by molar-refractivity contribution is 5.86. The molecule has 0 saturated heterocycles. The highest BCUT2D eigenvalue weighted by Crippen LogP contribution is 2.06. The first kappa shape index (κ1) is 14.5. The van der Waals surface area contributed by atoms with Crippen molar-refractivity contribution in [3.05, 3.63) is 12.7 Å². The minimum atomic E-state index is -0.485. The molecular formula is C11H20N2O3. The van der Waals surface area contributed by atoms with Crippen LogP contribution in [0.4, 0.5) is 4.79 Å². The Labute approximate surface area is 96.2 Å². The third-order valence-electron chi connectivity index (χ3n) is 1.51. The molecule has 0 bridgehead atoms. The Morgan fingerprint density at radius 2 is 1.81 bits per heavy atom. The van der Waals surface area contributed by atoms with Crippen LogP contribution in [0.2, 0.25) is 0 Å². The molecule has 0 saturated carbocycles. The van der Waals surface area contributed by atoms with Gasteiger partial charge in [0.2, 0.25) is 5.91 Å². The van der Waals surface area contributed by atoms with Crippen molar-refractivity contribution >= 4 is 12.0 Å². The Balaban J connectivity index is 3.49. The summed E-state index contributed by atoms with van der Waals surface area (Å²) < 4.78 is 5.03. The van der Waals surface area contributed by atoms with E-state index in [1.165, 1.54) is 6.08 Å². The smallest absolute Gasteiger partial charge is 0.407 e. The van der Waals surface area contributed by atoms with Crippen molar-refractivity contribution in [1.82, 2.24) is 10.6 Å². The normalized spacial score (nSPS) is 10.4. The third-order valence-corrected chi connectivity index (χ3v) is 1.51. The van der Waals surface area contributed by atoms with Crippen LogP contribution in [-0.2, 0) is 9.53 Å². The zero-order chi connectivity index (χ0) is 12.6. The lowest BCUT2D eigenvalue weighted by molar-refractivity contribution is -0.116. The molecule has 0 aromatic rings. The molecular weight excluding hydrogens is 208 g/mol. The highest BCUT2D eigenvalue weighted by Gasteiger charge is 2.15. The van der Waals surface area contributed by atoms with Crippen LogP contribution >= 0.6 is 0 Å². The van der Waals surface area contributed by atoms with E-state index in [9.17, 15) is 9.59 Å². The predicted molar refractivity (Wildman–Crippen MR) is 62.1 cm³/mol. The summed E-state index contributed by atoms with van der Waals surface area (Å²) in [6.07, 6.45) is 1.42. The molecule has 0 aliphatic heterocycles. The molecule has 0 spiro atoms. The van der Waals surface area contributed by atoms with Crippen LogP contribution in [0, 0.1) is 0 Å². The number of ether oxygens (including phenoxy) is 1. The number of rotatable bonds is 5. The maximum Gasteiger partial charge on any atom is 0.407 e. The van der Waals surface area contributed by atoms with Gasteiger partial charge >= 0.3 is 6.09 Å². The largest absolute Gasteiger partial charge is 0.444 e. The molecule has 92 valence electrons. The maximum absolute atomic E-state index is 11.2. The molecule has 2 amide bonds. The molecule has 5 nitrogen and oxygen atoms in total. The third kappa shape index (κ3) is 9.05. The van der Waals surface area contributed by atoms with Crippen molar-refractivity contribution in [1.29, 1.82) is 0 Å². The number of nitrogens with one attached hydrogen (secondary N) is 2. The van der Waals surface area contributed by atoms with Crippen LogP contribution in [0.3, 0.4) is 0 Å². The first-order chi connectivity index (χ1) is 7.35. The quantitative estimate of drug-likeness (QED) is 0.549. The first-order valence-electron chi connectivity index (χ1n) is 5.22. The van der Waals surface area contributed by atoms with E-state index in [0.717, 1.165) is 0 Å². The van der Waals surface area contributed by atoms with Crippen molar-refractivity contribution < 1.29 is 14.3 Å². The van der Waals surface area contributed by atoms with Crippen LogP contribution < -0.4 is 10.6 Å². The summed E-state index contributed by atoms with van der Waals surface area (Å²) in [4.78, 5) is 21.9. The molecule has 0 aliphatic rings. The minimum absolute atomic E-state index is 0.211. The number of carbonyl (C=O) groups is 2. The van der Waals surface area contributed by atoms with Crippen LogP contribution in [0.25, 0.3) is 0 Å². The van der Waals surface area contributed by atoms with E-state index in [1.54, 1.807) is 20.8 Å². The molecule has 0 aromatic heterocycles. The zero-order valence-electron chi connectivity index (χ0n) is 10.1. The molecule has 0 heterocycles. The SMILES string of the molecule is C=CC(=O)NCCCNC(=O)OC(C)(C)C. The van der Waals surface area contributed by atoms with Crippen molar-refractivity contribution in [3.63, 3.8) is 0 Å². The zero-order valence-corrected chi connectivity index (χ0v) is 10.1. The molecule has 2 N–H and O–H groups in total. The van der Waals surface area contributed by atoms with E-state index >= 15 is 0 Å². The van der Waals surface area contributed by atoms with Gasteiger partial charge < -0.3 is 15.4 Å².